The molecule has 0 fully saturated rings. The minimum absolute atomic E-state index is 0.479. The van der Waals surface area contributed by atoms with Crippen LogP contribution < -0.4 is 20.2 Å². The lowest BCUT2D eigenvalue weighted by Gasteiger charge is -2.08. The molecule has 3 rings (SSSR count). The molecule has 31 heavy (non-hydrogen) atoms. The van der Waals surface area contributed by atoms with E-state index < -0.39 is 11.8 Å². The van der Waals surface area contributed by atoms with Crippen molar-refractivity contribution in [3.8, 4) is 11.5 Å². The number of rotatable bonds is 7. The van der Waals surface area contributed by atoms with E-state index in [9.17, 15) is 9.59 Å². The molecule has 3 aromatic rings. The molecule has 0 aliphatic heterocycles. The summed E-state index contributed by atoms with van der Waals surface area (Å²) in [5.41, 5.74) is 5.18. The predicted octanol–water partition coefficient (Wildman–Crippen LogP) is 3.75. The molecule has 2 N–H and O–H groups in total. The number of benzene rings is 3. The van der Waals surface area contributed by atoms with E-state index in [1.165, 1.54) is 0 Å². The van der Waals surface area contributed by atoms with Gasteiger partial charge in [-0.1, -0.05) is 30.3 Å². The van der Waals surface area contributed by atoms with Crippen LogP contribution in [0.4, 0.5) is 5.69 Å². The van der Waals surface area contributed by atoms with Crippen molar-refractivity contribution in [2.24, 2.45) is 5.10 Å². The molecular weight excluding hydrogens is 394 g/mol. The number of carbonyl (C=O) groups is 2. The highest BCUT2D eigenvalue weighted by atomic mass is 16.5. The molecular formula is C24H23N3O4. The molecule has 0 unspecified atom stereocenters. The van der Waals surface area contributed by atoms with E-state index in [0.29, 0.717) is 23.8 Å². The fourth-order valence-corrected chi connectivity index (χ4v) is 2.65. The smallest absolute Gasteiger partial charge is 0.329 e. The van der Waals surface area contributed by atoms with E-state index in [4.69, 9.17) is 9.47 Å². The van der Waals surface area contributed by atoms with Gasteiger partial charge in [-0.3, -0.25) is 9.59 Å². The molecule has 0 heterocycles. The van der Waals surface area contributed by atoms with Crippen molar-refractivity contribution >= 4 is 23.2 Å². The van der Waals surface area contributed by atoms with Crippen LogP contribution in [0.1, 0.15) is 18.1 Å². The van der Waals surface area contributed by atoms with Crippen LogP contribution in [0.5, 0.6) is 11.5 Å². The molecule has 0 atom stereocenters. The van der Waals surface area contributed by atoms with Gasteiger partial charge in [0.25, 0.3) is 0 Å². The number of hydrazone groups is 1. The van der Waals surface area contributed by atoms with Gasteiger partial charge >= 0.3 is 11.8 Å². The van der Waals surface area contributed by atoms with Gasteiger partial charge in [0.2, 0.25) is 0 Å². The van der Waals surface area contributed by atoms with Crippen molar-refractivity contribution in [3.05, 3.63) is 90.0 Å². The normalized spacial score (nSPS) is 10.8. The average molecular weight is 417 g/mol. The van der Waals surface area contributed by atoms with Gasteiger partial charge in [0.1, 0.15) is 18.1 Å². The number of amides is 2. The summed E-state index contributed by atoms with van der Waals surface area (Å²) >= 11 is 0. The third-order valence-electron chi connectivity index (χ3n) is 4.40. The largest absolute Gasteiger partial charge is 0.497 e. The second-order valence-corrected chi connectivity index (χ2v) is 6.62. The fraction of sp³-hybridized carbons (Fsp3) is 0.125. The topological polar surface area (TPSA) is 89.0 Å². The third kappa shape index (κ3) is 6.43. The monoisotopic (exact) mass is 417 g/mol. The van der Waals surface area contributed by atoms with Crippen LogP contribution in [0.3, 0.4) is 0 Å². The Morgan fingerprint density at radius 1 is 0.839 bits per heavy atom. The number of methoxy groups -OCH3 is 1. The zero-order chi connectivity index (χ0) is 22.1. The molecule has 7 nitrogen and oxygen atoms in total. The van der Waals surface area contributed by atoms with Crippen LogP contribution in [0.15, 0.2) is 84.0 Å². The Morgan fingerprint density at radius 2 is 1.48 bits per heavy atom. The Labute approximate surface area is 180 Å². The standard InChI is InChI=1S/C24H23N3O4/c1-17(19-8-12-22(13-9-19)31-16-18-6-4-3-5-7-18)26-27-24(29)23(28)25-20-10-14-21(30-2)15-11-20/h3-15H,16H2,1-2H3,(H,25,28)(H,27,29)/b26-17+. The lowest BCUT2D eigenvalue weighted by atomic mass is 10.1. The highest BCUT2D eigenvalue weighted by Gasteiger charge is 2.13. The molecule has 0 aliphatic rings. The third-order valence-corrected chi connectivity index (χ3v) is 4.40. The van der Waals surface area contributed by atoms with E-state index in [2.05, 4.69) is 15.8 Å². The second kappa shape index (κ2) is 10.6. The van der Waals surface area contributed by atoms with E-state index in [1.54, 1.807) is 38.3 Å². The maximum absolute atomic E-state index is 12.0. The Bertz CT molecular complexity index is 1050. The summed E-state index contributed by atoms with van der Waals surface area (Å²) in [6.07, 6.45) is 0. The minimum atomic E-state index is -0.863. The van der Waals surface area contributed by atoms with E-state index >= 15 is 0 Å². The minimum Gasteiger partial charge on any atom is -0.497 e. The maximum Gasteiger partial charge on any atom is 0.329 e. The number of hydrogen-bond donors (Lipinski definition) is 2. The quantitative estimate of drug-likeness (QED) is 0.348. The van der Waals surface area contributed by atoms with E-state index in [0.717, 1.165) is 16.9 Å². The van der Waals surface area contributed by atoms with Crippen molar-refractivity contribution in [2.75, 3.05) is 12.4 Å². The van der Waals surface area contributed by atoms with E-state index in [1.807, 2.05) is 54.6 Å². The zero-order valence-electron chi connectivity index (χ0n) is 17.3. The lowest BCUT2D eigenvalue weighted by molar-refractivity contribution is -0.136. The molecule has 0 bridgehead atoms. The molecule has 0 aromatic heterocycles. The first-order valence-electron chi connectivity index (χ1n) is 9.62. The van der Waals surface area contributed by atoms with Gasteiger partial charge in [-0.15, -0.1) is 0 Å². The van der Waals surface area contributed by atoms with Gasteiger partial charge in [0.15, 0.2) is 0 Å². The number of ether oxygens (including phenoxy) is 2. The van der Waals surface area contributed by atoms with Crippen LogP contribution in [0.25, 0.3) is 0 Å². The predicted molar refractivity (Wildman–Crippen MR) is 119 cm³/mol. The molecule has 0 saturated heterocycles. The first-order valence-corrected chi connectivity index (χ1v) is 9.62. The van der Waals surface area contributed by atoms with Crippen LogP contribution in [-0.4, -0.2) is 24.6 Å². The second-order valence-electron chi connectivity index (χ2n) is 6.62. The molecule has 3 aromatic carbocycles. The number of nitrogens with one attached hydrogen (secondary N) is 2. The molecule has 158 valence electrons. The maximum atomic E-state index is 12.0. The van der Waals surface area contributed by atoms with Gasteiger partial charge in [0.05, 0.1) is 12.8 Å². The molecule has 0 radical (unpaired) electrons. The van der Waals surface area contributed by atoms with Crippen LogP contribution in [0.2, 0.25) is 0 Å². The Hall–Kier alpha value is -4.13. The summed E-state index contributed by atoms with van der Waals surface area (Å²) in [5.74, 6) is -0.299. The summed E-state index contributed by atoms with van der Waals surface area (Å²) < 4.78 is 10.8. The number of hydrogen-bond acceptors (Lipinski definition) is 5. The van der Waals surface area contributed by atoms with Crippen molar-refractivity contribution < 1.29 is 19.1 Å². The van der Waals surface area contributed by atoms with Crippen molar-refractivity contribution in [3.63, 3.8) is 0 Å². The summed E-state index contributed by atoms with van der Waals surface area (Å²) in [6, 6.07) is 23.9. The molecule has 0 saturated carbocycles. The fourth-order valence-electron chi connectivity index (χ4n) is 2.65. The van der Waals surface area contributed by atoms with Crippen molar-refractivity contribution in [1.82, 2.24) is 5.43 Å². The van der Waals surface area contributed by atoms with Crippen LogP contribution >= 0.6 is 0 Å². The lowest BCUT2D eigenvalue weighted by Crippen LogP contribution is -2.32. The Balaban J connectivity index is 1.51. The van der Waals surface area contributed by atoms with Crippen molar-refractivity contribution in [1.29, 1.82) is 0 Å². The zero-order valence-corrected chi connectivity index (χ0v) is 17.3. The molecule has 2 amide bonds. The Morgan fingerprint density at radius 3 is 2.13 bits per heavy atom. The van der Waals surface area contributed by atoms with E-state index in [-0.39, 0.29) is 0 Å². The van der Waals surface area contributed by atoms with Crippen LogP contribution in [0, 0.1) is 0 Å². The number of nitrogens with zero attached hydrogens (tertiary/aromatic N) is 1. The Kier molecular flexibility index (Phi) is 7.37. The first-order chi connectivity index (χ1) is 15.0. The molecule has 0 aliphatic carbocycles. The van der Waals surface area contributed by atoms with Crippen molar-refractivity contribution in [2.45, 2.75) is 13.5 Å². The highest BCUT2D eigenvalue weighted by molar-refractivity contribution is 6.39. The SMILES string of the molecule is COc1ccc(NC(=O)C(=O)N/N=C(\C)c2ccc(OCc3ccccc3)cc2)cc1. The first kappa shape index (κ1) is 21.6. The van der Waals surface area contributed by atoms with Gasteiger partial charge in [-0.2, -0.15) is 5.10 Å². The van der Waals surface area contributed by atoms with Gasteiger partial charge in [-0.25, -0.2) is 5.43 Å². The summed E-state index contributed by atoms with van der Waals surface area (Å²) in [6.45, 7) is 2.22. The van der Waals surface area contributed by atoms with Gasteiger partial charge < -0.3 is 14.8 Å². The molecule has 0 spiro atoms. The van der Waals surface area contributed by atoms with Gasteiger partial charge in [-0.05, 0) is 66.6 Å². The average Bonchev–Trinajstić information content (AvgIpc) is 2.82. The summed E-state index contributed by atoms with van der Waals surface area (Å²) in [7, 11) is 1.55. The van der Waals surface area contributed by atoms with Crippen LogP contribution in [-0.2, 0) is 16.2 Å². The highest BCUT2D eigenvalue weighted by Crippen LogP contribution is 2.16. The van der Waals surface area contributed by atoms with Gasteiger partial charge in [0, 0.05) is 5.69 Å². The summed E-state index contributed by atoms with van der Waals surface area (Å²) in [5, 5.41) is 6.50. The number of anilines is 1. The summed E-state index contributed by atoms with van der Waals surface area (Å²) in [4.78, 5) is 24.0. The number of carbonyl (C=O) groups excluding carboxylic acids is 2. The molecule has 7 heteroatoms.